The van der Waals surface area contributed by atoms with Crippen LogP contribution in [0.2, 0.25) is 0 Å². The Balaban J connectivity index is 3.26. The lowest BCUT2D eigenvalue weighted by atomic mass is 10.1. The monoisotopic (exact) mass is 221 g/mol. The molecule has 0 aromatic heterocycles. The molecule has 0 bridgehead atoms. The van der Waals surface area contributed by atoms with E-state index in [4.69, 9.17) is 4.74 Å². The fraction of sp³-hybridized carbons (Fsp3) is 1.00. The maximum Gasteiger partial charge on any atom is 0.0833 e. The van der Waals surface area contributed by atoms with Crippen LogP contribution in [0.4, 0.5) is 0 Å². The van der Waals surface area contributed by atoms with Crippen LogP contribution in [0.15, 0.2) is 0 Å². The van der Waals surface area contributed by atoms with Gasteiger partial charge in [-0.05, 0) is 32.6 Å². The summed E-state index contributed by atoms with van der Waals surface area (Å²) in [6.07, 6.45) is 4.18. The van der Waals surface area contributed by atoms with Gasteiger partial charge < -0.3 is 15.2 Å². The van der Waals surface area contributed by atoms with Gasteiger partial charge in [-0.1, -0.05) is 0 Å². The van der Waals surface area contributed by atoms with Gasteiger partial charge in [0.25, 0.3) is 0 Å². The van der Waals surface area contributed by atoms with Crippen molar-refractivity contribution in [1.29, 1.82) is 0 Å². The summed E-state index contributed by atoms with van der Waals surface area (Å²) in [4.78, 5) is 0. The number of thioether (sulfide) groups is 1. The summed E-state index contributed by atoms with van der Waals surface area (Å²) in [7, 11) is 1.72. The first-order chi connectivity index (χ1) is 6.62. The van der Waals surface area contributed by atoms with Crippen molar-refractivity contribution in [2.45, 2.75) is 25.4 Å². The number of rotatable bonds is 9. The van der Waals surface area contributed by atoms with Gasteiger partial charge in [0.15, 0.2) is 0 Å². The predicted octanol–water partition coefficient (Wildman–Crippen LogP) is 1.12. The van der Waals surface area contributed by atoms with E-state index >= 15 is 0 Å². The van der Waals surface area contributed by atoms with Crippen molar-refractivity contribution in [3.63, 3.8) is 0 Å². The lowest BCUT2D eigenvalue weighted by Crippen LogP contribution is -2.40. The summed E-state index contributed by atoms with van der Waals surface area (Å²) in [5, 5.41) is 13.1. The number of unbranched alkanes of at least 4 members (excludes halogenated alkanes) is 1. The number of nitrogens with one attached hydrogen (secondary N) is 1. The van der Waals surface area contributed by atoms with E-state index in [-0.39, 0.29) is 0 Å². The smallest absolute Gasteiger partial charge is 0.0833 e. The highest BCUT2D eigenvalue weighted by Crippen LogP contribution is 2.08. The maximum atomic E-state index is 9.81. The molecule has 4 heteroatoms. The van der Waals surface area contributed by atoms with E-state index in [1.165, 1.54) is 0 Å². The van der Waals surface area contributed by atoms with Crippen LogP contribution in [0.1, 0.15) is 19.8 Å². The first-order valence-corrected chi connectivity index (χ1v) is 6.43. The fourth-order valence-corrected chi connectivity index (χ4v) is 1.94. The van der Waals surface area contributed by atoms with Crippen molar-refractivity contribution in [2.75, 3.05) is 38.8 Å². The lowest BCUT2D eigenvalue weighted by Gasteiger charge is -2.22. The first-order valence-electron chi connectivity index (χ1n) is 5.03. The average Bonchev–Trinajstić information content (AvgIpc) is 2.11. The van der Waals surface area contributed by atoms with Crippen molar-refractivity contribution in [3.8, 4) is 0 Å². The Kier molecular flexibility index (Phi) is 8.67. The molecule has 2 N–H and O–H groups in total. The van der Waals surface area contributed by atoms with E-state index in [0.717, 1.165) is 31.7 Å². The maximum absolute atomic E-state index is 9.81. The van der Waals surface area contributed by atoms with E-state index in [9.17, 15) is 5.11 Å². The van der Waals surface area contributed by atoms with Crippen LogP contribution in [0, 0.1) is 0 Å². The average molecular weight is 221 g/mol. The van der Waals surface area contributed by atoms with E-state index in [1.54, 1.807) is 18.9 Å². The second-order valence-corrected chi connectivity index (χ2v) is 4.67. The Morgan fingerprint density at radius 3 is 2.71 bits per heavy atom. The van der Waals surface area contributed by atoms with Gasteiger partial charge in [-0.25, -0.2) is 0 Å². The Bertz CT molecular complexity index is 131. The molecule has 0 saturated carbocycles. The van der Waals surface area contributed by atoms with Crippen LogP contribution in [-0.2, 0) is 4.74 Å². The molecule has 0 rings (SSSR count). The molecule has 1 unspecified atom stereocenters. The highest BCUT2D eigenvalue weighted by atomic mass is 32.2. The summed E-state index contributed by atoms with van der Waals surface area (Å²) < 4.78 is 4.95. The number of hydrogen-bond donors (Lipinski definition) is 2. The minimum absolute atomic E-state index is 0.583. The van der Waals surface area contributed by atoms with Gasteiger partial charge in [0.2, 0.25) is 0 Å². The van der Waals surface area contributed by atoms with Gasteiger partial charge >= 0.3 is 0 Å². The summed E-state index contributed by atoms with van der Waals surface area (Å²) >= 11 is 1.67. The normalized spacial score (nSPS) is 15.4. The molecule has 0 radical (unpaired) electrons. The molecule has 0 aliphatic carbocycles. The fourth-order valence-electron chi connectivity index (χ4n) is 1.22. The van der Waals surface area contributed by atoms with Gasteiger partial charge in [0.1, 0.15) is 0 Å². The second kappa shape index (κ2) is 8.53. The zero-order valence-corrected chi connectivity index (χ0v) is 10.3. The highest BCUT2D eigenvalue weighted by molar-refractivity contribution is 7.98. The molecule has 3 nitrogen and oxygen atoms in total. The summed E-state index contributed by atoms with van der Waals surface area (Å²) in [6, 6.07) is 0. The quantitative estimate of drug-likeness (QED) is 0.573. The van der Waals surface area contributed by atoms with Crippen molar-refractivity contribution < 1.29 is 9.84 Å². The van der Waals surface area contributed by atoms with Crippen molar-refractivity contribution >= 4 is 11.8 Å². The number of aliphatic hydroxyl groups is 1. The van der Waals surface area contributed by atoms with Crippen LogP contribution in [-0.4, -0.2) is 49.5 Å². The first kappa shape index (κ1) is 14.2. The largest absolute Gasteiger partial charge is 0.388 e. The van der Waals surface area contributed by atoms with Gasteiger partial charge in [-0.3, -0.25) is 0 Å². The van der Waals surface area contributed by atoms with Crippen LogP contribution in [0.3, 0.4) is 0 Å². The van der Waals surface area contributed by atoms with E-state index in [1.807, 2.05) is 13.2 Å². The number of ether oxygens (including phenoxy) is 1. The highest BCUT2D eigenvalue weighted by Gasteiger charge is 2.18. The summed E-state index contributed by atoms with van der Waals surface area (Å²) in [6.45, 7) is 4.31. The minimum atomic E-state index is -0.583. The molecular formula is C10H23NO2S. The zero-order valence-electron chi connectivity index (χ0n) is 9.51. The van der Waals surface area contributed by atoms with Crippen LogP contribution in [0.25, 0.3) is 0 Å². The molecule has 0 saturated heterocycles. The zero-order chi connectivity index (χ0) is 10.9. The molecule has 0 aromatic carbocycles. The molecule has 86 valence electrons. The minimum Gasteiger partial charge on any atom is -0.388 e. The Hall–Kier alpha value is 0.230. The van der Waals surface area contributed by atoms with Gasteiger partial charge in [0.05, 0.1) is 5.60 Å². The van der Waals surface area contributed by atoms with Crippen molar-refractivity contribution in [3.05, 3.63) is 0 Å². The molecular weight excluding hydrogens is 198 g/mol. The Morgan fingerprint density at radius 1 is 1.43 bits per heavy atom. The molecule has 0 aromatic rings. The number of methoxy groups -OCH3 is 1. The second-order valence-electron chi connectivity index (χ2n) is 3.81. The molecule has 0 heterocycles. The summed E-state index contributed by atoms with van der Waals surface area (Å²) in [5.74, 6) is 0.776. The third-order valence-electron chi connectivity index (χ3n) is 1.91. The van der Waals surface area contributed by atoms with Crippen LogP contribution >= 0.6 is 11.8 Å². The SMILES string of the molecule is COCCCCNCC(C)(O)CSC. The third kappa shape index (κ3) is 8.81. The van der Waals surface area contributed by atoms with Crippen LogP contribution < -0.4 is 5.32 Å². The van der Waals surface area contributed by atoms with Crippen molar-refractivity contribution in [1.82, 2.24) is 5.32 Å². The van der Waals surface area contributed by atoms with E-state index in [0.29, 0.717) is 6.54 Å². The standard InChI is InChI=1S/C10H23NO2S/c1-10(12,9-14-3)8-11-6-4-5-7-13-2/h11-12H,4-9H2,1-3H3. The Labute approximate surface area is 91.6 Å². The number of hydrogen-bond acceptors (Lipinski definition) is 4. The van der Waals surface area contributed by atoms with Gasteiger partial charge in [-0.2, -0.15) is 11.8 Å². The lowest BCUT2D eigenvalue weighted by molar-refractivity contribution is 0.0847. The molecule has 0 spiro atoms. The predicted molar refractivity (Wildman–Crippen MR) is 63.0 cm³/mol. The van der Waals surface area contributed by atoms with E-state index < -0.39 is 5.60 Å². The molecule has 0 aliphatic rings. The van der Waals surface area contributed by atoms with Crippen LogP contribution in [0.5, 0.6) is 0 Å². The summed E-state index contributed by atoms with van der Waals surface area (Å²) in [5.41, 5.74) is -0.583. The van der Waals surface area contributed by atoms with E-state index in [2.05, 4.69) is 5.32 Å². The Morgan fingerprint density at radius 2 is 2.14 bits per heavy atom. The third-order valence-corrected chi connectivity index (χ3v) is 2.82. The topological polar surface area (TPSA) is 41.5 Å². The van der Waals surface area contributed by atoms with Gasteiger partial charge in [0, 0.05) is 26.0 Å². The molecule has 0 fully saturated rings. The molecule has 1 atom stereocenters. The molecule has 0 amide bonds. The van der Waals surface area contributed by atoms with Gasteiger partial charge in [-0.15, -0.1) is 0 Å². The van der Waals surface area contributed by atoms with Crippen molar-refractivity contribution in [2.24, 2.45) is 0 Å². The molecule has 0 aliphatic heterocycles. The molecule has 14 heavy (non-hydrogen) atoms.